The van der Waals surface area contributed by atoms with E-state index in [-0.39, 0.29) is 12.5 Å². The van der Waals surface area contributed by atoms with Crippen LogP contribution in [0.15, 0.2) is 0 Å². The number of aliphatic hydroxyl groups excluding tert-OH is 1. The van der Waals surface area contributed by atoms with E-state index in [0.717, 1.165) is 0 Å². The maximum atomic E-state index is 8.19. The van der Waals surface area contributed by atoms with Crippen LogP contribution in [0.25, 0.3) is 0 Å². The Balaban J connectivity index is 3.04. The van der Waals surface area contributed by atoms with E-state index in [2.05, 4.69) is 5.92 Å². The highest BCUT2D eigenvalue weighted by Crippen LogP contribution is 1.84. The second-order valence-corrected chi connectivity index (χ2v) is 1.25. The van der Waals surface area contributed by atoms with Crippen LogP contribution >= 0.6 is 0 Å². The SMILES string of the molecule is C#CC(C)CO. The smallest absolute Gasteiger partial charge is 0.0566 e. The van der Waals surface area contributed by atoms with Gasteiger partial charge in [0.1, 0.15) is 0 Å². The summed E-state index contributed by atoms with van der Waals surface area (Å²) in [6, 6.07) is 0. The largest absolute Gasteiger partial charge is 0.395 e. The van der Waals surface area contributed by atoms with Crippen molar-refractivity contribution in [3.63, 3.8) is 0 Å². The maximum absolute atomic E-state index is 8.19. The first-order valence-corrected chi connectivity index (χ1v) is 1.88. The van der Waals surface area contributed by atoms with Gasteiger partial charge in [-0.2, -0.15) is 0 Å². The quantitative estimate of drug-likeness (QED) is 0.451. The molecular formula is C5H8O. The van der Waals surface area contributed by atoms with E-state index in [0.29, 0.717) is 0 Å². The molecule has 0 aromatic rings. The lowest BCUT2D eigenvalue weighted by Crippen LogP contribution is -1.94. The molecule has 1 N–H and O–H groups in total. The molecule has 6 heavy (non-hydrogen) atoms. The molecule has 34 valence electrons. The van der Waals surface area contributed by atoms with Gasteiger partial charge in [0.15, 0.2) is 0 Å². The molecule has 1 atom stereocenters. The topological polar surface area (TPSA) is 20.2 Å². The number of rotatable bonds is 1. The highest BCUT2D eigenvalue weighted by molar-refractivity contribution is 4.89. The summed E-state index contributed by atoms with van der Waals surface area (Å²) in [6.45, 7) is 1.89. The molecule has 0 spiro atoms. The zero-order valence-corrected chi connectivity index (χ0v) is 3.81. The third-order valence-corrected chi connectivity index (χ3v) is 0.558. The molecule has 0 heterocycles. The average Bonchev–Trinajstić information content (AvgIpc) is 1.65. The van der Waals surface area contributed by atoms with Gasteiger partial charge in [-0.3, -0.25) is 0 Å². The molecule has 1 heteroatoms. The van der Waals surface area contributed by atoms with Crippen molar-refractivity contribution in [2.45, 2.75) is 6.92 Å². The van der Waals surface area contributed by atoms with E-state index in [1.54, 1.807) is 6.92 Å². The third kappa shape index (κ3) is 1.80. The van der Waals surface area contributed by atoms with E-state index >= 15 is 0 Å². The molecule has 0 aromatic carbocycles. The normalized spacial score (nSPS) is 12.8. The highest BCUT2D eigenvalue weighted by Gasteiger charge is 1.86. The van der Waals surface area contributed by atoms with E-state index in [9.17, 15) is 0 Å². The van der Waals surface area contributed by atoms with Crippen molar-refractivity contribution in [3.8, 4) is 12.3 Å². The van der Waals surface area contributed by atoms with Gasteiger partial charge in [0.2, 0.25) is 0 Å². The van der Waals surface area contributed by atoms with E-state index in [1.165, 1.54) is 0 Å². The van der Waals surface area contributed by atoms with Crippen LogP contribution in [-0.2, 0) is 0 Å². The lowest BCUT2D eigenvalue weighted by Gasteiger charge is -1.90. The molecule has 0 saturated heterocycles. The van der Waals surface area contributed by atoms with Gasteiger partial charge in [-0.15, -0.1) is 12.3 Å². The fraction of sp³-hybridized carbons (Fsp3) is 0.600. The van der Waals surface area contributed by atoms with Crippen LogP contribution in [-0.4, -0.2) is 11.7 Å². The Morgan fingerprint density at radius 2 is 2.50 bits per heavy atom. The molecule has 0 amide bonds. The summed E-state index contributed by atoms with van der Waals surface area (Å²) in [4.78, 5) is 0. The van der Waals surface area contributed by atoms with Gasteiger partial charge < -0.3 is 5.11 Å². The van der Waals surface area contributed by atoms with Crippen LogP contribution in [0.5, 0.6) is 0 Å². The Labute approximate surface area is 38.0 Å². The molecular weight excluding hydrogens is 76.1 g/mol. The molecule has 0 aliphatic carbocycles. The summed E-state index contributed by atoms with van der Waals surface area (Å²) in [6.07, 6.45) is 4.87. The van der Waals surface area contributed by atoms with Gasteiger partial charge in [-0.05, 0) is 6.92 Å². The first-order chi connectivity index (χ1) is 2.81. The lowest BCUT2D eigenvalue weighted by atomic mass is 10.2. The van der Waals surface area contributed by atoms with Crippen LogP contribution < -0.4 is 0 Å². The second-order valence-electron chi connectivity index (χ2n) is 1.25. The van der Waals surface area contributed by atoms with Crippen LogP contribution in [0.2, 0.25) is 0 Å². The molecule has 1 nitrogen and oxygen atoms in total. The Hall–Kier alpha value is -0.480. The van der Waals surface area contributed by atoms with E-state index < -0.39 is 0 Å². The fourth-order valence-corrected chi connectivity index (χ4v) is 0.0527. The summed E-state index contributed by atoms with van der Waals surface area (Å²) in [7, 11) is 0. The standard InChI is InChI=1S/C5H8O/c1-3-5(2)4-6/h1,5-6H,4H2,2H3. The molecule has 1 unspecified atom stereocenters. The monoisotopic (exact) mass is 84.1 g/mol. The van der Waals surface area contributed by atoms with Gasteiger partial charge in [0, 0.05) is 5.92 Å². The molecule has 0 aliphatic rings. The molecule has 0 fully saturated rings. The Kier molecular flexibility index (Phi) is 2.52. The molecule has 0 aromatic heterocycles. The highest BCUT2D eigenvalue weighted by atomic mass is 16.3. The minimum Gasteiger partial charge on any atom is -0.395 e. The molecule has 0 aliphatic heterocycles. The maximum Gasteiger partial charge on any atom is 0.0566 e. The molecule has 0 saturated carbocycles. The average molecular weight is 84.1 g/mol. The summed E-state index contributed by atoms with van der Waals surface area (Å²) >= 11 is 0. The Morgan fingerprint density at radius 1 is 2.00 bits per heavy atom. The van der Waals surface area contributed by atoms with Crippen LogP contribution in [0.4, 0.5) is 0 Å². The number of terminal acetylenes is 1. The first kappa shape index (κ1) is 5.52. The molecule has 0 rings (SSSR count). The van der Waals surface area contributed by atoms with Crippen molar-refractivity contribution in [2.24, 2.45) is 5.92 Å². The van der Waals surface area contributed by atoms with E-state index in [1.807, 2.05) is 0 Å². The minimum atomic E-state index is 0.0185. The predicted octanol–water partition coefficient (Wildman–Crippen LogP) is 0.248. The van der Waals surface area contributed by atoms with Gasteiger partial charge in [0.05, 0.1) is 6.61 Å². The van der Waals surface area contributed by atoms with Crippen molar-refractivity contribution in [1.82, 2.24) is 0 Å². The zero-order valence-electron chi connectivity index (χ0n) is 3.81. The van der Waals surface area contributed by atoms with Crippen molar-refractivity contribution in [3.05, 3.63) is 0 Å². The first-order valence-electron chi connectivity index (χ1n) is 1.88. The van der Waals surface area contributed by atoms with E-state index in [4.69, 9.17) is 11.5 Å². The van der Waals surface area contributed by atoms with Crippen LogP contribution in [0.3, 0.4) is 0 Å². The van der Waals surface area contributed by atoms with Gasteiger partial charge in [0.25, 0.3) is 0 Å². The lowest BCUT2D eigenvalue weighted by molar-refractivity contribution is 0.266. The summed E-state index contributed by atoms with van der Waals surface area (Å²) in [5.74, 6) is 2.38. The predicted molar refractivity (Wildman–Crippen MR) is 25.1 cm³/mol. The minimum absolute atomic E-state index is 0.0185. The molecule has 0 radical (unpaired) electrons. The molecule has 0 bridgehead atoms. The number of hydrogen-bond acceptors (Lipinski definition) is 1. The van der Waals surface area contributed by atoms with Gasteiger partial charge in [-0.1, -0.05) is 0 Å². The second kappa shape index (κ2) is 2.74. The van der Waals surface area contributed by atoms with Gasteiger partial charge in [-0.25, -0.2) is 0 Å². The van der Waals surface area contributed by atoms with Crippen molar-refractivity contribution in [2.75, 3.05) is 6.61 Å². The number of aliphatic hydroxyl groups is 1. The Morgan fingerprint density at radius 3 is 2.50 bits per heavy atom. The Bertz CT molecular complexity index is 60.8. The summed E-state index contributed by atoms with van der Waals surface area (Å²) < 4.78 is 0. The van der Waals surface area contributed by atoms with Gasteiger partial charge >= 0.3 is 0 Å². The summed E-state index contributed by atoms with van der Waals surface area (Å²) in [5, 5.41) is 8.19. The van der Waals surface area contributed by atoms with Crippen molar-refractivity contribution < 1.29 is 5.11 Å². The fourth-order valence-electron chi connectivity index (χ4n) is 0.0527. The summed E-state index contributed by atoms with van der Waals surface area (Å²) in [5.41, 5.74) is 0. The number of hydrogen-bond donors (Lipinski definition) is 1. The van der Waals surface area contributed by atoms with Crippen LogP contribution in [0, 0.1) is 18.3 Å². The third-order valence-electron chi connectivity index (χ3n) is 0.558. The van der Waals surface area contributed by atoms with Crippen LogP contribution in [0.1, 0.15) is 6.92 Å². The van der Waals surface area contributed by atoms with Crippen molar-refractivity contribution >= 4 is 0 Å². The zero-order chi connectivity index (χ0) is 4.99. The van der Waals surface area contributed by atoms with Crippen molar-refractivity contribution in [1.29, 1.82) is 0 Å².